The third-order valence-corrected chi connectivity index (χ3v) is 20.4. The van der Waals surface area contributed by atoms with Gasteiger partial charge in [-0.15, -0.1) is 166 Å². The maximum Gasteiger partial charge on any atom is 2.00 e. The van der Waals surface area contributed by atoms with Crippen LogP contribution in [-0.2, 0) is 74.0 Å². The van der Waals surface area contributed by atoms with Crippen LogP contribution in [-0.4, -0.2) is 46.0 Å². The number of para-hydroxylation sites is 2. The summed E-state index contributed by atoms with van der Waals surface area (Å²) in [5.74, 6) is 2.56. The van der Waals surface area contributed by atoms with Crippen molar-refractivity contribution in [2.75, 3.05) is 11.9 Å². The number of hydrogen-bond acceptors (Lipinski definition) is 7. The summed E-state index contributed by atoms with van der Waals surface area (Å²) in [5.41, 5.74) is 25.2. The molecule has 0 atom stereocenters. The van der Waals surface area contributed by atoms with Crippen LogP contribution in [0.1, 0.15) is 114 Å². The quantitative estimate of drug-likeness (QED) is 0.106. The SMILES string of the molecule is CC(C)c1cccc(C(C)C)c1-n1ccnc1-c1[c-]c(-c2cccc3ccc(-c4ccccn4)[c-]c23)ccc1.CN1C=CN(c2[c-]c3c(-c4[c-]c(-c5cc(C(C)(C)C)ccn5)ccc4)cccc3cc2)[CH-]1.Cc1cccc(C)c1-n1ccnc1-c1[c-]c2c(-c3[c-]c(-c4cc(C(C)(C)C)ccn4)ccc3)cccc2cc1.[Pt+2].[Pt+2].[Pt]. The molecule has 6 heterocycles. The van der Waals surface area contributed by atoms with Crippen molar-refractivity contribution in [1.82, 2.24) is 39.0 Å². The number of fused-ring (bicyclic) bond motifs is 3. The number of anilines is 1. The summed E-state index contributed by atoms with van der Waals surface area (Å²) in [6.45, 7) is 28.7. The van der Waals surface area contributed by atoms with Gasteiger partial charge in [0.2, 0.25) is 0 Å². The van der Waals surface area contributed by atoms with Gasteiger partial charge in [0.05, 0.1) is 11.6 Å². The predicted octanol–water partition coefficient (Wildman–Crippen LogP) is 25.0. The summed E-state index contributed by atoms with van der Waals surface area (Å²) >= 11 is 0. The number of nitrogens with zero attached hydrogens (tertiary/aromatic N) is 9. The van der Waals surface area contributed by atoms with Gasteiger partial charge in [-0.05, 0) is 108 Å². The minimum atomic E-state index is 0. The third-order valence-electron chi connectivity index (χ3n) is 20.4. The van der Waals surface area contributed by atoms with Crippen LogP contribution in [0.4, 0.5) is 5.69 Å². The molecule has 570 valence electrons. The summed E-state index contributed by atoms with van der Waals surface area (Å²) in [7, 11) is 2.02. The van der Waals surface area contributed by atoms with E-state index in [0.717, 1.165) is 134 Å². The Morgan fingerprint density at radius 2 is 0.761 bits per heavy atom. The number of rotatable bonds is 13. The van der Waals surface area contributed by atoms with E-state index in [1.54, 1.807) is 0 Å². The van der Waals surface area contributed by atoms with Crippen LogP contribution < -0.4 is 4.90 Å². The molecule has 0 N–H and O–H groups in total. The van der Waals surface area contributed by atoms with E-state index >= 15 is 0 Å². The number of aryl methyl sites for hydroxylation is 2. The zero-order chi connectivity index (χ0) is 76.4. The van der Waals surface area contributed by atoms with Crippen LogP contribution in [0.25, 0.3) is 134 Å². The minimum absolute atomic E-state index is 0. The summed E-state index contributed by atoms with van der Waals surface area (Å²) in [6.07, 6.45) is 17.5. The standard InChI is InChI=1S/2C36H31N3.C29H26N3.3Pt/c1-24-9-6-10-25(2)34(24)39-20-19-38-35(39)29-16-15-26-11-8-14-31(32(26)22-29)27-12-7-13-28(21-27)33-23-30(17-18-37-33)36(3,4)5;1-24(2)30-13-9-14-31(25(3)4)35(30)39-21-20-38-36(39)29-12-7-11-27(22-29)32-15-8-10-26-17-18-28(23-33(26)32)34-16-5-6-19-37-34;1-29(2,3)24-13-14-30-28(18-24)23-9-5-8-22(17-23)26-10-6-7-21-11-12-25(19-27(21)26)32-16-15-31(4)20-32;;;/h6-20,23H,1-5H3;5-21,24-25H,1-4H3;5-16,18,20H,1-4H3;;;/q2*-2;-3;;2*+2. The molecule has 0 radical (unpaired) electrons. The first-order valence-corrected chi connectivity index (χ1v) is 37.8. The Bertz CT molecular complexity index is 6030. The first kappa shape index (κ1) is 81.9. The summed E-state index contributed by atoms with van der Waals surface area (Å²) in [5, 5.41) is 6.63. The molecule has 0 spiro atoms. The molecule has 11 aromatic carbocycles. The van der Waals surface area contributed by atoms with Gasteiger partial charge in [-0.25, -0.2) is 0 Å². The molecule has 0 unspecified atom stereocenters. The van der Waals surface area contributed by atoms with Crippen LogP contribution in [0.15, 0.2) is 280 Å². The van der Waals surface area contributed by atoms with Gasteiger partial charge < -0.3 is 18.9 Å². The molecule has 17 rings (SSSR count). The third kappa shape index (κ3) is 17.8. The molecule has 9 nitrogen and oxygen atoms in total. The number of benzene rings is 11. The van der Waals surface area contributed by atoms with Crippen molar-refractivity contribution in [1.29, 1.82) is 0 Å². The van der Waals surface area contributed by atoms with Gasteiger partial charge in [-0.3, -0.25) is 24.9 Å². The van der Waals surface area contributed by atoms with Crippen LogP contribution >= 0.6 is 0 Å². The molecular weight excluding hydrogens is 1920 g/mol. The second kappa shape index (κ2) is 35.2. The molecule has 1 aliphatic rings. The Balaban J connectivity index is 0.000000156. The summed E-state index contributed by atoms with van der Waals surface area (Å²) in [4.78, 5) is 27.5. The van der Waals surface area contributed by atoms with Crippen molar-refractivity contribution in [3.63, 3.8) is 0 Å². The molecule has 0 saturated heterocycles. The van der Waals surface area contributed by atoms with Gasteiger partial charge >= 0.3 is 42.1 Å². The fourth-order valence-electron chi connectivity index (χ4n) is 14.5. The molecule has 0 amide bonds. The average Bonchev–Trinajstić information content (AvgIpc) is 1.75. The Labute approximate surface area is 709 Å². The second-order valence-electron chi connectivity index (χ2n) is 31.0. The van der Waals surface area contributed by atoms with Crippen LogP contribution in [0.5, 0.6) is 0 Å². The van der Waals surface area contributed by atoms with Crippen LogP contribution in [0.3, 0.4) is 0 Å². The topological polar surface area (TPSA) is 80.8 Å². The monoisotopic (exact) mass is 2010 g/mol. The largest absolute Gasteiger partial charge is 2.00 e. The van der Waals surface area contributed by atoms with Gasteiger partial charge in [0.15, 0.2) is 0 Å². The zero-order valence-corrected chi connectivity index (χ0v) is 72.6. The van der Waals surface area contributed by atoms with Crippen molar-refractivity contribution in [3.05, 3.63) is 357 Å². The van der Waals surface area contributed by atoms with Crippen LogP contribution in [0.2, 0.25) is 0 Å². The van der Waals surface area contributed by atoms with E-state index in [2.05, 4.69) is 361 Å². The summed E-state index contributed by atoms with van der Waals surface area (Å²) < 4.78 is 4.42. The van der Waals surface area contributed by atoms with Crippen molar-refractivity contribution in [2.24, 2.45) is 0 Å². The fourth-order valence-corrected chi connectivity index (χ4v) is 14.5. The Hall–Kier alpha value is -10.5. The van der Waals surface area contributed by atoms with Gasteiger partial charge in [-0.2, -0.15) is 6.67 Å². The smallest absolute Gasteiger partial charge is 0.510 e. The van der Waals surface area contributed by atoms with Gasteiger partial charge in [-0.1, -0.05) is 245 Å². The maximum absolute atomic E-state index is 4.83. The van der Waals surface area contributed by atoms with Crippen molar-refractivity contribution in [3.8, 4) is 101 Å². The molecule has 0 aliphatic carbocycles. The van der Waals surface area contributed by atoms with E-state index in [1.165, 1.54) is 39.1 Å². The van der Waals surface area contributed by atoms with Gasteiger partial charge in [0.25, 0.3) is 0 Å². The number of aromatic nitrogens is 7. The molecule has 113 heavy (non-hydrogen) atoms. The fraction of sp³-hybridized carbons (Fsp3) is 0.168. The van der Waals surface area contributed by atoms with E-state index < -0.39 is 0 Å². The first-order chi connectivity index (χ1) is 53.2. The van der Waals surface area contributed by atoms with Gasteiger partial charge in [0.1, 0.15) is 0 Å². The molecule has 0 fully saturated rings. The number of pyridine rings is 3. The Morgan fingerprint density at radius 1 is 0.354 bits per heavy atom. The molecule has 5 aromatic heterocycles. The second-order valence-corrected chi connectivity index (χ2v) is 31.0. The normalized spacial score (nSPS) is 12.0. The molecule has 0 saturated carbocycles. The van der Waals surface area contributed by atoms with E-state index in [9.17, 15) is 0 Å². The molecular formula is C101H88N9Pt3-3. The van der Waals surface area contributed by atoms with Gasteiger partial charge in [0, 0.05) is 92.9 Å². The maximum atomic E-state index is 4.83. The molecule has 0 bridgehead atoms. The zero-order valence-electron chi connectivity index (χ0n) is 65.8. The van der Waals surface area contributed by atoms with Crippen molar-refractivity contribution >= 4 is 38.0 Å². The minimum Gasteiger partial charge on any atom is -0.510 e. The van der Waals surface area contributed by atoms with Crippen molar-refractivity contribution < 1.29 is 63.2 Å². The van der Waals surface area contributed by atoms with E-state index in [1.807, 2.05) is 86.4 Å². The number of hydrogen-bond donors (Lipinski definition) is 0. The number of imidazole rings is 2. The Kier molecular flexibility index (Phi) is 25.6. The Morgan fingerprint density at radius 3 is 1.24 bits per heavy atom. The molecule has 1 aliphatic heterocycles. The average molecular weight is 2010 g/mol. The van der Waals surface area contributed by atoms with E-state index in [-0.39, 0.29) is 74.0 Å². The molecule has 16 aromatic rings. The van der Waals surface area contributed by atoms with Crippen molar-refractivity contribution in [2.45, 2.75) is 106 Å². The molecule has 12 heteroatoms. The predicted molar refractivity (Wildman–Crippen MR) is 455 cm³/mol. The van der Waals surface area contributed by atoms with E-state index in [4.69, 9.17) is 9.97 Å². The first-order valence-electron chi connectivity index (χ1n) is 37.8. The van der Waals surface area contributed by atoms with Crippen LogP contribution in [0, 0.1) is 56.9 Å². The van der Waals surface area contributed by atoms with E-state index in [0.29, 0.717) is 11.8 Å². The summed E-state index contributed by atoms with van der Waals surface area (Å²) in [6, 6.07) is 100.